The quantitative estimate of drug-likeness (QED) is 0.433. The summed E-state index contributed by atoms with van der Waals surface area (Å²) in [7, 11) is 0. The van der Waals surface area contributed by atoms with Crippen LogP contribution < -0.4 is 0 Å². The molecule has 11 heavy (non-hydrogen) atoms. The third-order valence-electron chi connectivity index (χ3n) is 1.45. The molecule has 1 aliphatic heterocycles. The number of hydrogen-bond acceptors (Lipinski definition) is 3. The van der Waals surface area contributed by atoms with Gasteiger partial charge in [-0.2, -0.15) is 0 Å². The fourth-order valence-electron chi connectivity index (χ4n) is 0.833. The first-order chi connectivity index (χ1) is 4.24. The normalized spacial score (nSPS) is 21.7. The van der Waals surface area contributed by atoms with E-state index in [4.69, 9.17) is 0 Å². The molecule has 66 valence electrons. The molecule has 0 aromatic carbocycles. The summed E-state index contributed by atoms with van der Waals surface area (Å²) in [5, 5.41) is 0. The van der Waals surface area contributed by atoms with Crippen molar-refractivity contribution in [1.29, 1.82) is 0 Å². The minimum Gasteiger partial charge on any atom is -0.393 e. The van der Waals surface area contributed by atoms with Crippen LogP contribution in [-0.4, -0.2) is 11.9 Å². The average molecular weight is 160 g/mol. The molecule has 1 heterocycles. The molecule has 1 saturated heterocycles. The van der Waals surface area contributed by atoms with E-state index in [-0.39, 0.29) is 39.1 Å². The molecule has 0 saturated carbocycles. The number of ether oxygens (including phenoxy) is 1. The predicted molar refractivity (Wildman–Crippen MR) is 43.0 cm³/mol. The number of cyclic esters (lactones) is 2. The zero-order valence-electron chi connectivity index (χ0n) is 5.22. The zero-order valence-corrected chi connectivity index (χ0v) is 5.22. The van der Waals surface area contributed by atoms with Gasteiger partial charge in [0.25, 0.3) is 0 Å². The van der Waals surface area contributed by atoms with Crippen molar-refractivity contribution in [3.63, 3.8) is 0 Å². The predicted octanol–water partition coefficient (Wildman–Crippen LogP) is 1.76. The lowest BCUT2D eigenvalue weighted by atomic mass is 10.1. The molecule has 0 N–H and O–H groups in total. The van der Waals surface area contributed by atoms with Crippen LogP contribution in [0.1, 0.15) is 34.6 Å². The summed E-state index contributed by atoms with van der Waals surface area (Å²) in [5.74, 6) is -0.910. The summed E-state index contributed by atoms with van der Waals surface area (Å²) in [5.41, 5.74) is 0. The lowest BCUT2D eigenvalue weighted by molar-refractivity contribution is -0.153. The van der Waals surface area contributed by atoms with Gasteiger partial charge >= 0.3 is 11.9 Å². The Morgan fingerprint density at radius 3 is 2.18 bits per heavy atom. The van der Waals surface area contributed by atoms with Crippen molar-refractivity contribution in [2.45, 2.75) is 34.6 Å². The lowest BCUT2D eigenvalue weighted by Gasteiger charge is -1.93. The van der Waals surface area contributed by atoms with Gasteiger partial charge in [-0.05, 0) is 6.42 Å². The smallest absolute Gasteiger partial charge is 0.317 e. The highest BCUT2D eigenvalue weighted by Gasteiger charge is 2.31. The molecule has 1 aliphatic rings. The topological polar surface area (TPSA) is 43.4 Å². The molecular weight excluding hydrogens is 144 g/mol. The first-order valence-electron chi connectivity index (χ1n) is 2.98. The third kappa shape index (κ3) is 2.70. The van der Waals surface area contributed by atoms with Crippen molar-refractivity contribution in [2.24, 2.45) is 5.92 Å². The highest BCUT2D eigenvalue weighted by Crippen LogP contribution is 2.18. The molecule has 0 amide bonds. The zero-order chi connectivity index (χ0) is 6.85. The van der Waals surface area contributed by atoms with Crippen LogP contribution in [0.3, 0.4) is 0 Å². The van der Waals surface area contributed by atoms with Crippen LogP contribution in [0.25, 0.3) is 0 Å². The van der Waals surface area contributed by atoms with Crippen LogP contribution >= 0.6 is 0 Å². The number of carbonyl (C=O) groups excluding carboxylic acids is 2. The summed E-state index contributed by atoms with van der Waals surface area (Å²) in [4.78, 5) is 21.0. The molecule has 0 aliphatic carbocycles. The Morgan fingerprint density at radius 2 is 2.00 bits per heavy atom. The summed E-state index contributed by atoms with van der Waals surface area (Å²) < 4.78 is 4.29. The largest absolute Gasteiger partial charge is 0.393 e. The minimum absolute atomic E-state index is 0. The molecular formula is C8H16O3. The van der Waals surface area contributed by atoms with E-state index in [2.05, 4.69) is 4.74 Å². The van der Waals surface area contributed by atoms with Crippen molar-refractivity contribution in [3.05, 3.63) is 0 Å². The number of rotatable bonds is 1. The second-order valence-corrected chi connectivity index (χ2v) is 2.10. The van der Waals surface area contributed by atoms with E-state index in [1.54, 1.807) is 0 Å². The van der Waals surface area contributed by atoms with Crippen LogP contribution in [0, 0.1) is 5.92 Å². The van der Waals surface area contributed by atoms with Crippen LogP contribution in [0.2, 0.25) is 0 Å². The maximum Gasteiger partial charge on any atom is 0.317 e. The highest BCUT2D eigenvalue weighted by molar-refractivity contribution is 5.94. The first kappa shape index (κ1) is 12.8. The molecule has 1 rings (SSSR count). The van der Waals surface area contributed by atoms with Gasteiger partial charge in [0.1, 0.15) is 0 Å². The number of carbonyl (C=O) groups is 2. The molecule has 0 aromatic heterocycles. The van der Waals surface area contributed by atoms with Crippen molar-refractivity contribution in [3.8, 4) is 0 Å². The van der Waals surface area contributed by atoms with Crippen LogP contribution in [-0.2, 0) is 14.3 Å². The second-order valence-electron chi connectivity index (χ2n) is 2.10. The Bertz CT molecular complexity index is 151. The Morgan fingerprint density at radius 1 is 1.45 bits per heavy atom. The van der Waals surface area contributed by atoms with Crippen molar-refractivity contribution < 1.29 is 14.3 Å². The molecule has 1 atom stereocenters. The van der Waals surface area contributed by atoms with Gasteiger partial charge in [-0.3, -0.25) is 9.59 Å². The first-order valence-corrected chi connectivity index (χ1v) is 2.98. The van der Waals surface area contributed by atoms with Gasteiger partial charge in [-0.15, -0.1) is 0 Å². The fourth-order valence-corrected chi connectivity index (χ4v) is 0.833. The standard InChI is InChI=1S/C6H8O3.2CH4/c1-2-4-3-5(7)9-6(4)8;;/h4H,2-3H2,1H3;2*1H4. The van der Waals surface area contributed by atoms with E-state index >= 15 is 0 Å². The van der Waals surface area contributed by atoms with E-state index in [1.807, 2.05) is 6.92 Å². The van der Waals surface area contributed by atoms with E-state index < -0.39 is 0 Å². The molecule has 0 bridgehead atoms. The summed E-state index contributed by atoms with van der Waals surface area (Å²) in [6, 6.07) is 0. The highest BCUT2D eigenvalue weighted by atomic mass is 16.6. The second kappa shape index (κ2) is 4.88. The number of hydrogen-bond donors (Lipinski definition) is 0. The molecule has 0 aromatic rings. The van der Waals surface area contributed by atoms with Gasteiger partial charge < -0.3 is 4.74 Å². The van der Waals surface area contributed by atoms with E-state index in [0.717, 1.165) is 0 Å². The Hall–Kier alpha value is -0.860. The Labute approximate surface area is 67.7 Å². The third-order valence-corrected chi connectivity index (χ3v) is 1.45. The number of esters is 2. The van der Waals surface area contributed by atoms with Crippen LogP contribution in [0.15, 0.2) is 0 Å². The lowest BCUT2D eigenvalue weighted by Crippen LogP contribution is -2.04. The van der Waals surface area contributed by atoms with Crippen LogP contribution in [0.5, 0.6) is 0 Å². The maximum absolute atomic E-state index is 10.6. The molecule has 3 nitrogen and oxygen atoms in total. The van der Waals surface area contributed by atoms with Crippen molar-refractivity contribution in [2.75, 3.05) is 0 Å². The van der Waals surface area contributed by atoms with E-state index in [0.29, 0.717) is 6.42 Å². The SMILES string of the molecule is C.C.CCC1CC(=O)OC1=O. The maximum atomic E-state index is 10.6. The monoisotopic (exact) mass is 160 g/mol. The molecule has 3 heteroatoms. The van der Waals surface area contributed by atoms with Gasteiger partial charge in [-0.25, -0.2) is 0 Å². The summed E-state index contributed by atoms with van der Waals surface area (Å²) in [6.07, 6.45) is 0.972. The van der Waals surface area contributed by atoms with Crippen LogP contribution in [0.4, 0.5) is 0 Å². The molecule has 1 fully saturated rings. The van der Waals surface area contributed by atoms with Gasteiger partial charge in [0.05, 0.1) is 12.3 Å². The molecule has 1 unspecified atom stereocenters. The van der Waals surface area contributed by atoms with Gasteiger partial charge in [0.15, 0.2) is 0 Å². The Balaban J connectivity index is 0. The van der Waals surface area contributed by atoms with Gasteiger partial charge in [0, 0.05) is 0 Å². The van der Waals surface area contributed by atoms with Crippen molar-refractivity contribution in [1.82, 2.24) is 0 Å². The van der Waals surface area contributed by atoms with Gasteiger partial charge in [0.2, 0.25) is 0 Å². The minimum atomic E-state index is -0.383. The summed E-state index contributed by atoms with van der Waals surface area (Å²) >= 11 is 0. The van der Waals surface area contributed by atoms with E-state index in [1.165, 1.54) is 0 Å². The molecule has 0 spiro atoms. The fraction of sp³-hybridized carbons (Fsp3) is 0.750. The van der Waals surface area contributed by atoms with E-state index in [9.17, 15) is 9.59 Å². The van der Waals surface area contributed by atoms with Crippen molar-refractivity contribution >= 4 is 11.9 Å². The van der Waals surface area contributed by atoms with Gasteiger partial charge in [-0.1, -0.05) is 21.8 Å². The molecule has 0 radical (unpaired) electrons. The summed E-state index contributed by atoms with van der Waals surface area (Å²) in [6.45, 7) is 1.87. The average Bonchev–Trinajstić information content (AvgIpc) is 2.10. The Kier molecular flexibility index (Phi) is 5.67.